The van der Waals surface area contributed by atoms with E-state index in [4.69, 9.17) is 4.74 Å². The summed E-state index contributed by atoms with van der Waals surface area (Å²) in [5.74, 6) is -3.42. The van der Waals surface area contributed by atoms with Crippen molar-refractivity contribution < 1.29 is 52.7 Å². The van der Waals surface area contributed by atoms with Crippen LogP contribution in [0.25, 0.3) is 0 Å². The van der Waals surface area contributed by atoms with Crippen molar-refractivity contribution in [3.8, 4) is 0 Å². The van der Waals surface area contributed by atoms with Gasteiger partial charge in [0, 0.05) is 11.5 Å². The van der Waals surface area contributed by atoms with Crippen LogP contribution in [-0.2, 0) is 29.2 Å². The highest BCUT2D eigenvalue weighted by Crippen LogP contribution is 2.43. The number of hydrogen-bond acceptors (Lipinski definition) is 6. The Balaban J connectivity index is 3.65. The summed E-state index contributed by atoms with van der Waals surface area (Å²) < 4.78 is 127. The van der Waals surface area contributed by atoms with Gasteiger partial charge in [-0.3, -0.25) is 0 Å². The Bertz CT molecular complexity index is 768. The Morgan fingerprint density at radius 3 is 1.75 bits per heavy atom. The molecule has 0 radical (unpaired) electrons. The lowest BCUT2D eigenvalue weighted by Crippen LogP contribution is -2.52. The average molecular weight is 460 g/mol. The molecule has 0 amide bonds. The number of rotatable bonds is 5. The first-order valence-electron chi connectivity index (χ1n) is 7.91. The second-order valence-electron chi connectivity index (χ2n) is 6.38. The molecule has 0 aromatic carbocycles. The summed E-state index contributed by atoms with van der Waals surface area (Å²) in [4.78, 5) is 11.7. The van der Waals surface area contributed by atoms with Gasteiger partial charge in [0.25, 0.3) is 19.7 Å². The third kappa shape index (κ3) is 4.99. The topological polar surface area (TPSA) is 94.6 Å². The van der Waals surface area contributed by atoms with E-state index in [1.54, 1.807) is 0 Å². The Kier molecular flexibility index (Phi) is 7.25. The van der Waals surface area contributed by atoms with E-state index in [0.717, 1.165) is 6.92 Å². The summed E-state index contributed by atoms with van der Waals surface area (Å²) in [7, 11) is -13.6. The molecule has 2 atom stereocenters. The van der Waals surface area contributed by atoms with Crippen molar-refractivity contribution in [1.82, 2.24) is 0 Å². The number of alkyl halides is 6. The van der Waals surface area contributed by atoms with E-state index in [1.807, 2.05) is 0 Å². The van der Waals surface area contributed by atoms with Gasteiger partial charge in [0.1, 0.15) is 6.10 Å². The zero-order valence-corrected chi connectivity index (χ0v) is 16.1. The molecular formula is C14H18F6O6S2. The van der Waals surface area contributed by atoms with Crippen LogP contribution < -0.4 is 0 Å². The van der Waals surface area contributed by atoms with Gasteiger partial charge in [-0.1, -0.05) is 19.4 Å². The maximum Gasteiger partial charge on any atom is 0.498 e. The van der Waals surface area contributed by atoms with Gasteiger partial charge in [0.05, 0.1) is 0 Å². The zero-order chi connectivity index (χ0) is 22.1. The normalized spacial score (nSPS) is 22.6. The molecule has 1 rings (SSSR count). The van der Waals surface area contributed by atoms with Crippen LogP contribution in [0.1, 0.15) is 39.0 Å². The molecule has 2 unspecified atom stereocenters. The van der Waals surface area contributed by atoms with Crippen molar-refractivity contribution >= 4 is 25.6 Å². The van der Waals surface area contributed by atoms with Crippen molar-refractivity contribution in [1.29, 1.82) is 0 Å². The number of halogens is 6. The lowest BCUT2D eigenvalue weighted by atomic mass is 9.99. The van der Waals surface area contributed by atoms with E-state index in [0.29, 0.717) is 0 Å². The van der Waals surface area contributed by atoms with Gasteiger partial charge in [0.2, 0.25) is 0 Å². The molecule has 1 aliphatic carbocycles. The minimum Gasteiger partial charge on any atom is -0.459 e. The number of ether oxygens (including phenoxy) is 1. The molecule has 0 aromatic heterocycles. The fraction of sp³-hybridized carbons (Fsp3) is 0.786. The molecule has 0 N–H and O–H groups in total. The maximum atomic E-state index is 13.0. The molecule has 0 heterocycles. The van der Waals surface area contributed by atoms with E-state index >= 15 is 0 Å². The van der Waals surface area contributed by atoms with Crippen LogP contribution in [-0.4, -0.2) is 44.5 Å². The van der Waals surface area contributed by atoms with E-state index in [9.17, 15) is 48.0 Å². The van der Waals surface area contributed by atoms with Crippen molar-refractivity contribution in [3.05, 3.63) is 12.2 Å². The van der Waals surface area contributed by atoms with Crippen molar-refractivity contribution in [2.45, 2.75) is 60.7 Å². The van der Waals surface area contributed by atoms with E-state index in [-0.39, 0.29) is 31.3 Å². The fourth-order valence-electron chi connectivity index (χ4n) is 2.89. The molecule has 1 saturated carbocycles. The van der Waals surface area contributed by atoms with Crippen molar-refractivity contribution in [2.75, 3.05) is 0 Å². The molecule has 14 heteroatoms. The number of esters is 1. The van der Waals surface area contributed by atoms with Gasteiger partial charge in [-0.05, 0) is 26.2 Å². The minimum absolute atomic E-state index is 0.0386. The molecule has 0 bridgehead atoms. The summed E-state index contributed by atoms with van der Waals surface area (Å²) in [6.45, 7) is 4.38. The molecule has 28 heavy (non-hydrogen) atoms. The molecule has 6 nitrogen and oxygen atoms in total. The largest absolute Gasteiger partial charge is 0.498 e. The highest BCUT2D eigenvalue weighted by atomic mass is 32.3. The van der Waals surface area contributed by atoms with Crippen LogP contribution in [0.5, 0.6) is 0 Å². The van der Waals surface area contributed by atoms with Crippen LogP contribution >= 0.6 is 0 Å². The van der Waals surface area contributed by atoms with Crippen molar-refractivity contribution in [3.63, 3.8) is 0 Å². The SMILES string of the molecule is C=C(C)C(=O)OC1CCCCCC1C(S(=O)(=O)C(F)(F)F)S(=O)(=O)C(F)(F)F. The second-order valence-corrected chi connectivity index (χ2v) is 10.8. The number of carbonyl (C=O) groups is 1. The Morgan fingerprint density at radius 1 is 0.929 bits per heavy atom. The zero-order valence-electron chi connectivity index (χ0n) is 14.5. The van der Waals surface area contributed by atoms with Crippen molar-refractivity contribution in [2.24, 2.45) is 5.92 Å². The summed E-state index contributed by atoms with van der Waals surface area (Å²) >= 11 is 0. The van der Waals surface area contributed by atoms with Crippen LogP contribution in [0.15, 0.2) is 12.2 Å². The van der Waals surface area contributed by atoms with Crippen LogP contribution in [0.4, 0.5) is 26.3 Å². The quantitative estimate of drug-likeness (QED) is 0.271. The van der Waals surface area contributed by atoms with Gasteiger partial charge in [-0.25, -0.2) is 21.6 Å². The smallest absolute Gasteiger partial charge is 0.459 e. The van der Waals surface area contributed by atoms with Gasteiger partial charge in [-0.15, -0.1) is 0 Å². The Morgan fingerprint density at radius 2 is 1.36 bits per heavy atom. The lowest BCUT2D eigenvalue weighted by Gasteiger charge is -2.32. The molecular weight excluding hydrogens is 442 g/mol. The number of hydrogen-bond donors (Lipinski definition) is 0. The number of sulfone groups is 2. The predicted octanol–water partition coefficient (Wildman–Crippen LogP) is 3.25. The highest BCUT2D eigenvalue weighted by Gasteiger charge is 2.66. The van der Waals surface area contributed by atoms with E-state index in [1.165, 1.54) is 0 Å². The standard InChI is InChI=1S/C14H18F6O6S2/c1-8(2)11(21)26-10-7-5-3-4-6-9(10)12(27(22,23)13(15,16)17)28(24,25)14(18,19)20/h9-10,12H,1,3-7H2,2H3. The third-order valence-electron chi connectivity index (χ3n) is 4.22. The maximum absolute atomic E-state index is 13.0. The average Bonchev–Trinajstić information content (AvgIpc) is 2.70. The van der Waals surface area contributed by atoms with Gasteiger partial charge in [-0.2, -0.15) is 26.3 Å². The molecule has 164 valence electrons. The number of carbonyl (C=O) groups excluding carboxylic acids is 1. The van der Waals surface area contributed by atoms with Crippen LogP contribution in [0.3, 0.4) is 0 Å². The predicted molar refractivity (Wildman–Crippen MR) is 85.0 cm³/mol. The minimum atomic E-state index is -6.81. The van der Waals surface area contributed by atoms with E-state index in [2.05, 4.69) is 6.58 Å². The highest BCUT2D eigenvalue weighted by molar-refractivity contribution is 8.09. The molecule has 0 aliphatic heterocycles. The monoisotopic (exact) mass is 460 g/mol. The lowest BCUT2D eigenvalue weighted by molar-refractivity contribution is -0.147. The molecule has 1 fully saturated rings. The Labute approximate surface area is 157 Å². The first-order chi connectivity index (χ1) is 12.4. The Hall–Kier alpha value is -1.31. The molecule has 1 aliphatic rings. The van der Waals surface area contributed by atoms with Gasteiger partial charge < -0.3 is 4.74 Å². The first-order valence-corrected chi connectivity index (χ1v) is 11.0. The van der Waals surface area contributed by atoms with Crippen LogP contribution in [0, 0.1) is 5.92 Å². The third-order valence-corrected chi connectivity index (χ3v) is 8.95. The second kappa shape index (κ2) is 8.20. The summed E-state index contributed by atoms with van der Waals surface area (Å²) in [6.07, 6.45) is -2.25. The summed E-state index contributed by atoms with van der Waals surface area (Å²) in [5, 5.41) is 0. The molecule has 0 spiro atoms. The van der Waals surface area contributed by atoms with E-state index < -0.39 is 59.7 Å². The first kappa shape index (κ1) is 24.7. The van der Waals surface area contributed by atoms with Gasteiger partial charge in [0.15, 0.2) is 4.58 Å². The summed E-state index contributed by atoms with van der Waals surface area (Å²) in [5.41, 5.74) is -12.8. The summed E-state index contributed by atoms with van der Waals surface area (Å²) in [6, 6.07) is 0. The fourth-order valence-corrected chi connectivity index (χ4v) is 6.95. The van der Waals surface area contributed by atoms with Crippen LogP contribution in [0.2, 0.25) is 0 Å². The van der Waals surface area contributed by atoms with Gasteiger partial charge >= 0.3 is 17.0 Å². The molecule has 0 saturated heterocycles. The molecule has 0 aromatic rings.